The minimum Gasteiger partial charge on any atom is -0.459 e. The molecule has 1 aliphatic rings. The Balaban J connectivity index is 0.00000208. The Hall–Kier alpha value is -1.56. The lowest BCUT2D eigenvalue weighted by Crippen LogP contribution is -2.45. The molecule has 1 amide bonds. The molecule has 2 unspecified atom stereocenters. The largest absolute Gasteiger partial charge is 0.459 e. The van der Waals surface area contributed by atoms with Gasteiger partial charge in [0, 0.05) is 30.9 Å². The van der Waals surface area contributed by atoms with E-state index >= 15 is 0 Å². The second kappa shape index (κ2) is 8.51. The van der Waals surface area contributed by atoms with E-state index in [-0.39, 0.29) is 30.4 Å². The standard InChI is InChI=1S/C18H24N2O3.ClH/c1-3-20(18(21)11-15-12-22-9-8-19-15)13(2)17-10-14-6-4-5-7-16(14)23-17;/h4-7,10,13,15,19H,3,8-9,11-12H2,1-2H3;1H. The molecule has 1 saturated heterocycles. The summed E-state index contributed by atoms with van der Waals surface area (Å²) in [6, 6.07) is 9.97. The SMILES string of the molecule is CCN(C(=O)CC1COCCN1)C(C)c1cc2ccccc2o1.Cl. The number of para-hydroxylation sites is 1. The molecule has 3 rings (SSSR count). The van der Waals surface area contributed by atoms with Crippen LogP contribution in [0.1, 0.15) is 32.1 Å². The fourth-order valence-electron chi connectivity index (χ4n) is 3.11. The van der Waals surface area contributed by atoms with Crippen LogP contribution in [0.4, 0.5) is 0 Å². The first-order chi connectivity index (χ1) is 11.2. The fourth-order valence-corrected chi connectivity index (χ4v) is 3.11. The first-order valence-corrected chi connectivity index (χ1v) is 8.28. The molecule has 0 aliphatic carbocycles. The van der Waals surface area contributed by atoms with Crippen LogP contribution in [0.3, 0.4) is 0 Å². The van der Waals surface area contributed by atoms with E-state index in [0.29, 0.717) is 19.6 Å². The van der Waals surface area contributed by atoms with Crippen molar-refractivity contribution in [2.45, 2.75) is 32.4 Å². The number of hydrogen-bond donors (Lipinski definition) is 1. The van der Waals surface area contributed by atoms with E-state index < -0.39 is 0 Å². The minimum atomic E-state index is -0.0793. The molecular weight excluding hydrogens is 328 g/mol. The lowest BCUT2D eigenvalue weighted by atomic mass is 10.1. The topological polar surface area (TPSA) is 54.7 Å². The van der Waals surface area contributed by atoms with Gasteiger partial charge in [0.05, 0.1) is 19.3 Å². The zero-order chi connectivity index (χ0) is 16.2. The van der Waals surface area contributed by atoms with Gasteiger partial charge in [0.2, 0.25) is 5.91 Å². The molecular formula is C18H25ClN2O3. The van der Waals surface area contributed by atoms with Crippen LogP contribution in [0.25, 0.3) is 11.0 Å². The lowest BCUT2D eigenvalue weighted by molar-refractivity contribution is -0.134. The fraction of sp³-hybridized carbons (Fsp3) is 0.500. The van der Waals surface area contributed by atoms with Crippen molar-refractivity contribution >= 4 is 29.3 Å². The Morgan fingerprint density at radius 3 is 2.88 bits per heavy atom. The van der Waals surface area contributed by atoms with Gasteiger partial charge < -0.3 is 19.4 Å². The normalized spacial score (nSPS) is 18.8. The maximum Gasteiger partial charge on any atom is 0.224 e. The molecule has 1 fully saturated rings. The van der Waals surface area contributed by atoms with Crippen molar-refractivity contribution in [3.63, 3.8) is 0 Å². The molecule has 1 aliphatic heterocycles. The third-order valence-corrected chi connectivity index (χ3v) is 4.40. The number of ether oxygens (including phenoxy) is 1. The summed E-state index contributed by atoms with van der Waals surface area (Å²) in [5, 5.41) is 4.40. The number of morpholine rings is 1. The molecule has 0 bridgehead atoms. The van der Waals surface area contributed by atoms with E-state index in [1.807, 2.05) is 49.1 Å². The van der Waals surface area contributed by atoms with Crippen LogP contribution in [0, 0.1) is 0 Å². The molecule has 0 saturated carbocycles. The van der Waals surface area contributed by atoms with Gasteiger partial charge in [-0.3, -0.25) is 4.79 Å². The maximum atomic E-state index is 12.7. The molecule has 2 aromatic rings. The quantitative estimate of drug-likeness (QED) is 0.898. The Morgan fingerprint density at radius 1 is 1.42 bits per heavy atom. The van der Waals surface area contributed by atoms with E-state index in [0.717, 1.165) is 29.9 Å². The monoisotopic (exact) mass is 352 g/mol. The lowest BCUT2D eigenvalue weighted by Gasteiger charge is -2.30. The second-order valence-electron chi connectivity index (χ2n) is 5.97. The molecule has 5 nitrogen and oxygen atoms in total. The van der Waals surface area contributed by atoms with Gasteiger partial charge in [-0.2, -0.15) is 0 Å². The third-order valence-electron chi connectivity index (χ3n) is 4.40. The summed E-state index contributed by atoms with van der Waals surface area (Å²) in [6.07, 6.45) is 0.457. The number of nitrogens with zero attached hydrogens (tertiary/aromatic N) is 1. The number of halogens is 1. The molecule has 6 heteroatoms. The van der Waals surface area contributed by atoms with Crippen LogP contribution in [-0.4, -0.2) is 43.2 Å². The van der Waals surface area contributed by atoms with Crippen molar-refractivity contribution in [1.82, 2.24) is 10.2 Å². The Kier molecular flexibility index (Phi) is 6.66. The van der Waals surface area contributed by atoms with Crippen molar-refractivity contribution in [2.24, 2.45) is 0 Å². The molecule has 1 N–H and O–H groups in total. The van der Waals surface area contributed by atoms with Crippen LogP contribution in [0.2, 0.25) is 0 Å². The number of hydrogen-bond acceptors (Lipinski definition) is 4. The summed E-state index contributed by atoms with van der Waals surface area (Å²) in [6.45, 7) is 6.81. The summed E-state index contributed by atoms with van der Waals surface area (Å²) in [5.41, 5.74) is 0.861. The first kappa shape index (κ1) is 18.8. The van der Waals surface area contributed by atoms with E-state index in [4.69, 9.17) is 9.15 Å². The number of amides is 1. The second-order valence-corrected chi connectivity index (χ2v) is 5.97. The molecule has 2 heterocycles. The van der Waals surface area contributed by atoms with Crippen molar-refractivity contribution in [2.75, 3.05) is 26.3 Å². The van der Waals surface area contributed by atoms with Crippen molar-refractivity contribution < 1.29 is 13.9 Å². The predicted molar refractivity (Wildman–Crippen MR) is 96.5 cm³/mol. The van der Waals surface area contributed by atoms with Gasteiger partial charge in [-0.25, -0.2) is 0 Å². The molecule has 0 radical (unpaired) electrons. The van der Waals surface area contributed by atoms with E-state index in [2.05, 4.69) is 5.32 Å². The molecule has 1 aromatic carbocycles. The average Bonchev–Trinajstić information content (AvgIpc) is 3.00. The van der Waals surface area contributed by atoms with Gasteiger partial charge in [0.1, 0.15) is 11.3 Å². The summed E-state index contributed by atoms with van der Waals surface area (Å²) in [7, 11) is 0. The van der Waals surface area contributed by atoms with Crippen LogP contribution in [0.15, 0.2) is 34.7 Å². The van der Waals surface area contributed by atoms with Gasteiger partial charge in [-0.1, -0.05) is 18.2 Å². The smallest absolute Gasteiger partial charge is 0.224 e. The molecule has 0 spiro atoms. The van der Waals surface area contributed by atoms with Gasteiger partial charge in [0.15, 0.2) is 0 Å². The Labute approximate surface area is 148 Å². The molecule has 24 heavy (non-hydrogen) atoms. The van der Waals surface area contributed by atoms with Crippen molar-refractivity contribution in [3.05, 3.63) is 36.1 Å². The van der Waals surface area contributed by atoms with Crippen molar-refractivity contribution in [1.29, 1.82) is 0 Å². The third kappa shape index (κ3) is 4.09. The number of fused-ring (bicyclic) bond motifs is 1. The minimum absolute atomic E-state index is 0. The van der Waals surface area contributed by atoms with Crippen LogP contribution in [0.5, 0.6) is 0 Å². The number of rotatable bonds is 5. The molecule has 132 valence electrons. The molecule has 2 atom stereocenters. The number of benzene rings is 1. The number of carbonyl (C=O) groups excluding carboxylic acids is 1. The van der Waals surface area contributed by atoms with Gasteiger partial charge >= 0.3 is 0 Å². The average molecular weight is 353 g/mol. The first-order valence-electron chi connectivity index (χ1n) is 8.28. The number of nitrogens with one attached hydrogen (secondary N) is 1. The summed E-state index contributed by atoms with van der Waals surface area (Å²) in [4.78, 5) is 14.5. The van der Waals surface area contributed by atoms with Crippen molar-refractivity contribution in [3.8, 4) is 0 Å². The zero-order valence-corrected chi connectivity index (χ0v) is 15.0. The highest BCUT2D eigenvalue weighted by Crippen LogP contribution is 2.27. The van der Waals surface area contributed by atoms with Crippen LogP contribution < -0.4 is 5.32 Å². The van der Waals surface area contributed by atoms with E-state index in [1.165, 1.54) is 0 Å². The highest BCUT2D eigenvalue weighted by molar-refractivity contribution is 5.85. The van der Waals surface area contributed by atoms with Gasteiger partial charge in [0.25, 0.3) is 0 Å². The van der Waals surface area contributed by atoms with Crippen LogP contribution in [-0.2, 0) is 9.53 Å². The zero-order valence-electron chi connectivity index (χ0n) is 14.2. The van der Waals surface area contributed by atoms with E-state index in [1.54, 1.807) is 0 Å². The Morgan fingerprint density at radius 2 is 2.21 bits per heavy atom. The summed E-state index contributed by atoms with van der Waals surface area (Å²) < 4.78 is 11.3. The van der Waals surface area contributed by atoms with E-state index in [9.17, 15) is 4.79 Å². The highest BCUT2D eigenvalue weighted by atomic mass is 35.5. The summed E-state index contributed by atoms with van der Waals surface area (Å²) in [5.74, 6) is 0.956. The number of furan rings is 1. The Bertz CT molecular complexity index is 634. The van der Waals surface area contributed by atoms with Gasteiger partial charge in [-0.15, -0.1) is 12.4 Å². The number of carbonyl (C=O) groups is 1. The predicted octanol–water partition coefficient (Wildman–Crippen LogP) is 3.14. The molecule has 1 aromatic heterocycles. The maximum absolute atomic E-state index is 12.7. The summed E-state index contributed by atoms with van der Waals surface area (Å²) >= 11 is 0. The highest BCUT2D eigenvalue weighted by Gasteiger charge is 2.26. The van der Waals surface area contributed by atoms with Crippen LogP contribution >= 0.6 is 12.4 Å². The van der Waals surface area contributed by atoms with Gasteiger partial charge in [-0.05, 0) is 26.0 Å².